The maximum Gasteiger partial charge on any atom is 0.251 e. The highest BCUT2D eigenvalue weighted by atomic mass is 16.5. The number of ether oxygens (including phenoxy) is 1. The lowest BCUT2D eigenvalue weighted by Gasteiger charge is -2.07. The summed E-state index contributed by atoms with van der Waals surface area (Å²) in [5.41, 5.74) is 6.97. The summed E-state index contributed by atoms with van der Waals surface area (Å²) in [5, 5.41) is 2.67. The monoisotopic (exact) mass is 223 g/mol. The third kappa shape index (κ3) is 3.86. The maximum absolute atomic E-state index is 11.4. The first kappa shape index (κ1) is 12.4. The molecule has 0 saturated carbocycles. The van der Waals surface area contributed by atoms with Gasteiger partial charge in [-0.1, -0.05) is 6.92 Å². The van der Waals surface area contributed by atoms with Crippen molar-refractivity contribution in [2.24, 2.45) is 0 Å². The van der Waals surface area contributed by atoms with E-state index in [9.17, 15) is 4.79 Å². The van der Waals surface area contributed by atoms with Gasteiger partial charge in [-0.2, -0.15) is 0 Å². The third-order valence-electron chi connectivity index (χ3n) is 1.94. The number of rotatable bonds is 5. The number of carbonyl (C=O) groups excluding carboxylic acids is 1. The van der Waals surface area contributed by atoms with E-state index < -0.39 is 0 Å². The summed E-state index contributed by atoms with van der Waals surface area (Å²) < 4.78 is 5.12. The number of pyridine rings is 1. The summed E-state index contributed by atoms with van der Waals surface area (Å²) in [6, 6.07) is 1.76. The molecule has 5 nitrogen and oxygen atoms in total. The zero-order valence-electron chi connectivity index (χ0n) is 9.62. The second kappa shape index (κ2) is 6.07. The zero-order valence-corrected chi connectivity index (χ0v) is 9.62. The molecule has 0 aliphatic rings. The Morgan fingerprint density at radius 2 is 2.38 bits per heavy atom. The average Bonchev–Trinajstić information content (AvgIpc) is 2.23. The SMILES string of the molecule is CCCOCC(=O)Nc1ncc(N)cc1C. The molecule has 16 heavy (non-hydrogen) atoms. The Kier molecular flexibility index (Phi) is 4.72. The highest BCUT2D eigenvalue weighted by Gasteiger charge is 2.05. The largest absolute Gasteiger partial charge is 0.397 e. The van der Waals surface area contributed by atoms with Crippen molar-refractivity contribution in [3.8, 4) is 0 Å². The first-order valence-corrected chi connectivity index (χ1v) is 5.23. The fourth-order valence-electron chi connectivity index (χ4n) is 1.20. The number of carbonyl (C=O) groups is 1. The first-order valence-electron chi connectivity index (χ1n) is 5.23. The third-order valence-corrected chi connectivity index (χ3v) is 1.94. The fraction of sp³-hybridized carbons (Fsp3) is 0.455. The molecule has 1 amide bonds. The van der Waals surface area contributed by atoms with E-state index in [2.05, 4.69) is 10.3 Å². The van der Waals surface area contributed by atoms with Gasteiger partial charge in [-0.25, -0.2) is 4.98 Å². The molecule has 0 aliphatic heterocycles. The molecule has 0 unspecified atom stereocenters. The highest BCUT2D eigenvalue weighted by molar-refractivity contribution is 5.91. The number of nitrogens with zero attached hydrogens (tertiary/aromatic N) is 1. The Hall–Kier alpha value is -1.62. The summed E-state index contributed by atoms with van der Waals surface area (Å²) >= 11 is 0. The van der Waals surface area contributed by atoms with E-state index in [1.807, 2.05) is 13.8 Å². The fourth-order valence-corrected chi connectivity index (χ4v) is 1.20. The van der Waals surface area contributed by atoms with Crippen LogP contribution in [0, 0.1) is 6.92 Å². The molecule has 0 bridgehead atoms. The van der Waals surface area contributed by atoms with Gasteiger partial charge in [0.2, 0.25) is 0 Å². The number of hydrogen-bond donors (Lipinski definition) is 2. The van der Waals surface area contributed by atoms with Gasteiger partial charge in [-0.05, 0) is 25.0 Å². The van der Waals surface area contributed by atoms with Crippen LogP contribution in [0.5, 0.6) is 0 Å². The Morgan fingerprint density at radius 3 is 3.00 bits per heavy atom. The van der Waals surface area contributed by atoms with E-state index in [1.54, 1.807) is 6.07 Å². The van der Waals surface area contributed by atoms with Crippen LogP contribution in [0.2, 0.25) is 0 Å². The quantitative estimate of drug-likeness (QED) is 0.738. The van der Waals surface area contributed by atoms with E-state index in [1.165, 1.54) is 6.20 Å². The minimum atomic E-state index is -0.200. The van der Waals surface area contributed by atoms with E-state index in [0.717, 1.165) is 12.0 Å². The number of nitrogens with two attached hydrogens (primary N) is 1. The highest BCUT2D eigenvalue weighted by Crippen LogP contribution is 2.13. The van der Waals surface area contributed by atoms with Crippen LogP contribution in [-0.2, 0) is 9.53 Å². The summed E-state index contributed by atoms with van der Waals surface area (Å²) in [5.74, 6) is 0.327. The zero-order chi connectivity index (χ0) is 12.0. The second-order valence-electron chi connectivity index (χ2n) is 3.53. The summed E-state index contributed by atoms with van der Waals surface area (Å²) in [6.07, 6.45) is 2.40. The Bertz CT molecular complexity index is 366. The van der Waals surface area contributed by atoms with Crippen molar-refractivity contribution in [3.63, 3.8) is 0 Å². The van der Waals surface area contributed by atoms with Crippen LogP contribution in [0.3, 0.4) is 0 Å². The normalized spacial score (nSPS) is 10.1. The molecule has 0 radical (unpaired) electrons. The van der Waals surface area contributed by atoms with Crippen LogP contribution in [-0.4, -0.2) is 24.1 Å². The van der Waals surface area contributed by atoms with Gasteiger partial charge in [0.25, 0.3) is 5.91 Å². The smallest absolute Gasteiger partial charge is 0.251 e. The van der Waals surface area contributed by atoms with Crippen LogP contribution < -0.4 is 11.1 Å². The molecule has 1 heterocycles. The standard InChI is InChI=1S/C11H17N3O2/c1-3-4-16-7-10(15)14-11-8(2)5-9(12)6-13-11/h5-6H,3-4,7,12H2,1-2H3,(H,13,14,15). The van der Waals surface area contributed by atoms with Gasteiger partial charge >= 0.3 is 0 Å². The lowest BCUT2D eigenvalue weighted by molar-refractivity contribution is -0.120. The van der Waals surface area contributed by atoms with Crippen LogP contribution >= 0.6 is 0 Å². The lowest BCUT2D eigenvalue weighted by Crippen LogP contribution is -2.19. The predicted octanol–water partition coefficient (Wildman–Crippen LogP) is 1.34. The van der Waals surface area contributed by atoms with Gasteiger partial charge in [0.05, 0.1) is 11.9 Å². The number of nitrogens with one attached hydrogen (secondary N) is 1. The summed E-state index contributed by atoms with van der Waals surface area (Å²) in [6.45, 7) is 4.47. The number of aryl methyl sites for hydroxylation is 1. The van der Waals surface area contributed by atoms with E-state index in [0.29, 0.717) is 18.1 Å². The van der Waals surface area contributed by atoms with Crippen molar-refractivity contribution in [1.29, 1.82) is 0 Å². The molecule has 0 fully saturated rings. The van der Waals surface area contributed by atoms with E-state index in [4.69, 9.17) is 10.5 Å². The topological polar surface area (TPSA) is 77.2 Å². The molecular formula is C11H17N3O2. The number of aromatic nitrogens is 1. The minimum Gasteiger partial charge on any atom is -0.397 e. The molecule has 0 atom stereocenters. The first-order chi connectivity index (χ1) is 7.63. The van der Waals surface area contributed by atoms with Gasteiger partial charge in [0.15, 0.2) is 0 Å². The predicted molar refractivity (Wildman–Crippen MR) is 63.1 cm³/mol. The Labute approximate surface area is 95.0 Å². The minimum absolute atomic E-state index is 0.0549. The van der Waals surface area contributed by atoms with Crippen molar-refractivity contribution >= 4 is 17.4 Å². The number of amides is 1. The molecular weight excluding hydrogens is 206 g/mol. The molecule has 0 aromatic carbocycles. The van der Waals surface area contributed by atoms with Crippen molar-refractivity contribution in [3.05, 3.63) is 17.8 Å². The molecule has 0 spiro atoms. The maximum atomic E-state index is 11.4. The van der Waals surface area contributed by atoms with Gasteiger partial charge in [0.1, 0.15) is 12.4 Å². The molecule has 1 aromatic rings. The van der Waals surface area contributed by atoms with Crippen LogP contribution in [0.25, 0.3) is 0 Å². The Balaban J connectivity index is 2.49. The summed E-state index contributed by atoms with van der Waals surface area (Å²) in [7, 11) is 0. The second-order valence-corrected chi connectivity index (χ2v) is 3.53. The van der Waals surface area contributed by atoms with Gasteiger partial charge < -0.3 is 15.8 Å². The molecule has 0 aliphatic carbocycles. The lowest BCUT2D eigenvalue weighted by atomic mass is 10.2. The van der Waals surface area contributed by atoms with E-state index >= 15 is 0 Å². The molecule has 1 rings (SSSR count). The van der Waals surface area contributed by atoms with Crippen LogP contribution in [0.1, 0.15) is 18.9 Å². The van der Waals surface area contributed by atoms with Crippen molar-refractivity contribution in [1.82, 2.24) is 4.98 Å². The van der Waals surface area contributed by atoms with Crippen molar-refractivity contribution in [2.45, 2.75) is 20.3 Å². The van der Waals surface area contributed by atoms with Gasteiger partial charge in [0, 0.05) is 6.61 Å². The molecule has 88 valence electrons. The molecule has 1 aromatic heterocycles. The molecule has 3 N–H and O–H groups in total. The molecule has 0 saturated heterocycles. The summed E-state index contributed by atoms with van der Waals surface area (Å²) in [4.78, 5) is 15.5. The van der Waals surface area contributed by atoms with Gasteiger partial charge in [-0.3, -0.25) is 4.79 Å². The Morgan fingerprint density at radius 1 is 1.62 bits per heavy atom. The van der Waals surface area contributed by atoms with E-state index in [-0.39, 0.29) is 12.5 Å². The van der Waals surface area contributed by atoms with Crippen LogP contribution in [0.15, 0.2) is 12.3 Å². The molecule has 5 heteroatoms. The number of hydrogen-bond acceptors (Lipinski definition) is 4. The van der Waals surface area contributed by atoms with Gasteiger partial charge in [-0.15, -0.1) is 0 Å². The van der Waals surface area contributed by atoms with Crippen molar-refractivity contribution < 1.29 is 9.53 Å². The number of nitrogen functional groups attached to an aromatic ring is 1. The number of anilines is 2. The van der Waals surface area contributed by atoms with Crippen molar-refractivity contribution in [2.75, 3.05) is 24.3 Å². The average molecular weight is 223 g/mol. The van der Waals surface area contributed by atoms with Crippen LogP contribution in [0.4, 0.5) is 11.5 Å².